The van der Waals surface area contributed by atoms with Crippen molar-refractivity contribution in [2.45, 2.75) is 131 Å². The van der Waals surface area contributed by atoms with Gasteiger partial charge in [-0.05, 0) is 135 Å². The van der Waals surface area contributed by atoms with Crippen LogP contribution in [0.5, 0.6) is 11.5 Å². The highest BCUT2D eigenvalue weighted by atomic mass is 32.3. The molecule has 0 radical (unpaired) electrons. The Bertz CT molecular complexity index is 1680. The van der Waals surface area contributed by atoms with E-state index in [9.17, 15) is 31.0 Å². The molecule has 0 aromatic heterocycles. The smallest absolute Gasteiger partial charge is 0.393 e. The molecule has 0 spiro atoms. The Balaban J connectivity index is 1.36. The zero-order valence-corrected chi connectivity index (χ0v) is 30.6. The summed E-state index contributed by atoms with van der Waals surface area (Å²) in [7, 11) is -9.70. The van der Waals surface area contributed by atoms with Gasteiger partial charge in [-0.25, -0.2) is 0 Å². The van der Waals surface area contributed by atoms with Crippen molar-refractivity contribution < 1.29 is 39.4 Å². The molecule has 3 saturated carbocycles. The van der Waals surface area contributed by atoms with Crippen molar-refractivity contribution in [3.8, 4) is 11.5 Å². The summed E-state index contributed by atoms with van der Waals surface area (Å²) < 4.78 is 76.8. The lowest BCUT2D eigenvalue weighted by atomic mass is 9.36. The topological polar surface area (TPSA) is 147 Å². The number of fused-ring (bicyclic) bond motifs is 7. The SMILES string of the molecule is CC1=CCCC(C)(C)C1CC[C@@]1(C)[C@@H]2CC[C@]3(C)[C@H](CC[C@]4(C)c5c(OS(=O)(=O)O)ccc(OS(=O)(=O)O)c5C[C@@H]34)[C@@]2(C)CC[C@@H]1O. The highest BCUT2D eigenvalue weighted by Crippen LogP contribution is 2.74. The van der Waals surface area contributed by atoms with Gasteiger partial charge in [0.2, 0.25) is 0 Å². The van der Waals surface area contributed by atoms with Gasteiger partial charge in [0.1, 0.15) is 11.5 Å². The van der Waals surface area contributed by atoms with Crippen LogP contribution >= 0.6 is 0 Å². The van der Waals surface area contributed by atoms with E-state index in [1.807, 2.05) is 0 Å². The predicted molar refractivity (Wildman–Crippen MR) is 180 cm³/mol. The lowest BCUT2D eigenvalue weighted by molar-refractivity contribution is -0.208. The maximum absolute atomic E-state index is 11.9. The number of aliphatic hydroxyl groups excluding tert-OH is 1. The van der Waals surface area contributed by atoms with Crippen molar-refractivity contribution in [3.05, 3.63) is 34.9 Å². The van der Waals surface area contributed by atoms with E-state index in [4.69, 9.17) is 8.37 Å². The normalized spacial score (nSPS) is 41.1. The Hall–Kier alpha value is -1.66. The monoisotopic (exact) mass is 694 g/mol. The van der Waals surface area contributed by atoms with Crippen molar-refractivity contribution in [1.29, 1.82) is 0 Å². The van der Waals surface area contributed by atoms with Crippen LogP contribution in [0.25, 0.3) is 0 Å². The summed E-state index contributed by atoms with van der Waals surface area (Å²) in [5.41, 5.74) is 1.73. The molecule has 1 aromatic rings. The second-order valence-corrected chi connectivity index (χ2v) is 19.5. The quantitative estimate of drug-likeness (QED) is 0.194. The molecule has 264 valence electrons. The third kappa shape index (κ3) is 5.68. The van der Waals surface area contributed by atoms with E-state index < -0.39 is 26.2 Å². The summed E-state index contributed by atoms with van der Waals surface area (Å²) in [5.74, 6) is 1.10. The summed E-state index contributed by atoms with van der Waals surface area (Å²) in [6.45, 7) is 16.3. The third-order valence-corrected chi connectivity index (χ3v) is 15.5. The van der Waals surface area contributed by atoms with Crippen LogP contribution in [-0.2, 0) is 32.6 Å². The van der Waals surface area contributed by atoms with E-state index in [1.165, 1.54) is 24.1 Å². The molecule has 0 amide bonds. The molecule has 0 heterocycles. The van der Waals surface area contributed by atoms with Crippen LogP contribution in [0.4, 0.5) is 0 Å². The van der Waals surface area contributed by atoms with Gasteiger partial charge in [0.15, 0.2) is 0 Å². The Kier molecular flexibility index (Phi) is 8.36. The Morgan fingerprint density at radius 2 is 1.36 bits per heavy atom. The van der Waals surface area contributed by atoms with Crippen molar-refractivity contribution in [2.24, 2.45) is 45.3 Å². The number of hydrogen-bond acceptors (Lipinski definition) is 7. The number of rotatable bonds is 7. The van der Waals surface area contributed by atoms with E-state index in [0.717, 1.165) is 51.4 Å². The molecule has 5 aliphatic carbocycles. The fourth-order valence-corrected chi connectivity index (χ4v) is 13.4. The Labute approximate surface area is 281 Å². The number of aliphatic hydroxyl groups is 1. The van der Waals surface area contributed by atoms with Gasteiger partial charge in [-0.2, -0.15) is 16.8 Å². The molecule has 1 unspecified atom stereocenters. The molecule has 1 aromatic carbocycles. The lowest BCUT2D eigenvalue weighted by Gasteiger charge is -2.68. The van der Waals surface area contributed by atoms with E-state index >= 15 is 0 Å². The molecule has 11 heteroatoms. The highest BCUT2D eigenvalue weighted by molar-refractivity contribution is 7.81. The highest BCUT2D eigenvalue weighted by Gasteiger charge is 2.68. The van der Waals surface area contributed by atoms with E-state index in [2.05, 4.69) is 54.5 Å². The molecule has 9 nitrogen and oxygen atoms in total. The first-order valence-electron chi connectivity index (χ1n) is 17.4. The minimum absolute atomic E-state index is 0.00495. The zero-order chi connectivity index (χ0) is 34.6. The van der Waals surface area contributed by atoms with Crippen LogP contribution in [0.3, 0.4) is 0 Å². The molecular formula is C36H54O9S2. The van der Waals surface area contributed by atoms with E-state index in [1.54, 1.807) is 0 Å². The van der Waals surface area contributed by atoms with E-state index in [0.29, 0.717) is 41.7 Å². The molecule has 5 aliphatic rings. The molecule has 3 N–H and O–H groups in total. The lowest BCUT2D eigenvalue weighted by Crippen LogP contribution is -2.63. The molecule has 3 fully saturated rings. The number of benzene rings is 1. The van der Waals surface area contributed by atoms with E-state index in [-0.39, 0.29) is 45.2 Å². The summed E-state index contributed by atoms with van der Waals surface area (Å²) in [5, 5.41) is 11.7. The Morgan fingerprint density at radius 1 is 0.787 bits per heavy atom. The molecule has 0 aliphatic heterocycles. The molecule has 0 bridgehead atoms. The van der Waals surface area contributed by atoms with Gasteiger partial charge in [-0.3, -0.25) is 9.11 Å². The first-order chi connectivity index (χ1) is 21.6. The largest absolute Gasteiger partial charge is 0.446 e. The second-order valence-electron chi connectivity index (χ2n) is 17.4. The Morgan fingerprint density at radius 3 is 2.00 bits per heavy atom. The van der Waals surface area contributed by atoms with Gasteiger partial charge in [0.25, 0.3) is 0 Å². The van der Waals surface area contributed by atoms with Crippen LogP contribution in [0.2, 0.25) is 0 Å². The van der Waals surface area contributed by atoms with Gasteiger partial charge in [-0.1, -0.05) is 53.2 Å². The molecule has 0 saturated heterocycles. The van der Waals surface area contributed by atoms with Crippen LogP contribution < -0.4 is 8.37 Å². The van der Waals surface area contributed by atoms with Gasteiger partial charge in [0, 0.05) is 16.5 Å². The van der Waals surface area contributed by atoms with Crippen molar-refractivity contribution in [1.82, 2.24) is 0 Å². The van der Waals surface area contributed by atoms with Crippen molar-refractivity contribution in [2.75, 3.05) is 0 Å². The second kappa shape index (κ2) is 11.2. The standard InChI is InChI=1S/C36H54O9S2/c1-22-9-8-16-32(2,3)24(22)12-17-35(6)28-13-18-34(5)27(33(28,4)20-15-30(35)37)14-19-36(7)29(34)21-23-25(44-46(38,39)40)10-11-26(31(23)36)45-47(41,42)43/h9-11,24,27-30,37H,8,12-21H2,1-7H3,(H,38,39,40)(H,41,42,43)/t24?,27-,28-,29+,30+,33-,34-,35+,36+/m1/s1. The maximum Gasteiger partial charge on any atom is 0.446 e. The fourth-order valence-electron chi connectivity index (χ4n) is 12.6. The molecule has 6 rings (SSSR count). The van der Waals surface area contributed by atoms with Crippen LogP contribution in [-0.4, -0.2) is 37.2 Å². The summed E-state index contributed by atoms with van der Waals surface area (Å²) >= 11 is 0. The molecular weight excluding hydrogens is 641 g/mol. The van der Waals surface area contributed by atoms with Crippen LogP contribution in [0.1, 0.15) is 124 Å². The average Bonchev–Trinajstić information content (AvgIpc) is 3.25. The van der Waals surface area contributed by atoms with Crippen LogP contribution in [0.15, 0.2) is 23.8 Å². The van der Waals surface area contributed by atoms with Crippen LogP contribution in [0, 0.1) is 45.3 Å². The predicted octanol–water partition coefficient (Wildman–Crippen LogP) is 7.64. The van der Waals surface area contributed by atoms with Gasteiger partial charge in [0.05, 0.1) is 6.10 Å². The number of allylic oxidation sites excluding steroid dienone is 2. The minimum atomic E-state index is -4.85. The van der Waals surface area contributed by atoms with Gasteiger partial charge >= 0.3 is 20.8 Å². The zero-order valence-electron chi connectivity index (χ0n) is 29.0. The van der Waals surface area contributed by atoms with Crippen molar-refractivity contribution in [3.63, 3.8) is 0 Å². The summed E-state index contributed by atoms with van der Waals surface area (Å²) in [4.78, 5) is 0. The maximum atomic E-state index is 11.9. The van der Waals surface area contributed by atoms with Gasteiger partial charge in [-0.15, -0.1) is 0 Å². The van der Waals surface area contributed by atoms with Gasteiger partial charge < -0.3 is 13.5 Å². The first kappa shape index (κ1) is 35.2. The first-order valence-corrected chi connectivity index (χ1v) is 20.1. The van der Waals surface area contributed by atoms with Crippen molar-refractivity contribution >= 4 is 20.8 Å². The summed E-state index contributed by atoms with van der Waals surface area (Å²) in [6, 6.07) is 2.58. The molecule has 9 atom stereocenters. The number of hydrogen-bond donors (Lipinski definition) is 3. The average molecular weight is 695 g/mol. The molecule has 47 heavy (non-hydrogen) atoms. The summed E-state index contributed by atoms with van der Waals surface area (Å²) in [6.07, 6.45) is 12.0. The fraction of sp³-hybridized carbons (Fsp3) is 0.778. The minimum Gasteiger partial charge on any atom is -0.393 e. The third-order valence-electron chi connectivity index (χ3n) is 14.7.